The third-order valence-corrected chi connectivity index (χ3v) is 6.39. The van der Waals surface area contributed by atoms with Crippen LogP contribution in [0.3, 0.4) is 0 Å². The molecule has 0 aliphatic carbocycles. The Bertz CT molecular complexity index is 905. The Morgan fingerprint density at radius 1 is 1.03 bits per heavy atom. The summed E-state index contributed by atoms with van der Waals surface area (Å²) in [6, 6.07) is 10.6. The van der Waals surface area contributed by atoms with Crippen molar-refractivity contribution in [1.82, 2.24) is 10.2 Å². The number of benzene rings is 2. The van der Waals surface area contributed by atoms with Crippen LogP contribution in [0.2, 0.25) is 0 Å². The average molecular weight is 505 g/mol. The molecule has 1 N–H and O–H groups in total. The van der Waals surface area contributed by atoms with E-state index in [0.717, 1.165) is 26.9 Å². The Kier molecular flexibility index (Phi) is 9.57. The molecule has 0 aliphatic heterocycles. The molecule has 1 atom stereocenters. The van der Waals surface area contributed by atoms with Crippen molar-refractivity contribution in [1.29, 1.82) is 0 Å². The van der Waals surface area contributed by atoms with Crippen LogP contribution in [0.15, 0.2) is 40.9 Å². The fraction of sp³-hybridized carbons (Fsp3) is 0.440. The van der Waals surface area contributed by atoms with Gasteiger partial charge in [-0.05, 0) is 67.6 Å². The molecule has 0 saturated carbocycles. The van der Waals surface area contributed by atoms with E-state index in [1.54, 1.807) is 18.9 Å². The zero-order valence-electron chi connectivity index (χ0n) is 19.7. The van der Waals surface area contributed by atoms with Crippen LogP contribution < -0.4 is 14.8 Å². The van der Waals surface area contributed by atoms with E-state index in [9.17, 15) is 9.59 Å². The molecular weight excluding hydrogens is 472 g/mol. The second-order valence-corrected chi connectivity index (χ2v) is 9.14. The van der Waals surface area contributed by atoms with Gasteiger partial charge in [-0.2, -0.15) is 0 Å². The normalized spacial score (nSPS) is 11.8. The van der Waals surface area contributed by atoms with Crippen molar-refractivity contribution in [2.75, 3.05) is 20.3 Å². The van der Waals surface area contributed by atoms with Crippen molar-refractivity contribution in [3.05, 3.63) is 57.6 Å². The van der Waals surface area contributed by atoms with Gasteiger partial charge in [-0.1, -0.05) is 41.9 Å². The summed E-state index contributed by atoms with van der Waals surface area (Å²) in [6.07, 6.45) is 0. The minimum absolute atomic E-state index is 0.154. The Balaban J connectivity index is 2.17. The minimum atomic E-state index is -0.639. The highest BCUT2D eigenvalue weighted by Crippen LogP contribution is 2.26. The number of hydrogen-bond donors (Lipinski definition) is 1. The van der Waals surface area contributed by atoms with E-state index in [2.05, 4.69) is 21.2 Å². The van der Waals surface area contributed by atoms with Crippen LogP contribution in [0.1, 0.15) is 37.5 Å². The van der Waals surface area contributed by atoms with E-state index >= 15 is 0 Å². The Morgan fingerprint density at radius 2 is 1.62 bits per heavy atom. The second-order valence-electron chi connectivity index (χ2n) is 8.34. The molecule has 0 radical (unpaired) electrons. The third kappa shape index (κ3) is 7.26. The molecule has 2 amide bonds. The maximum atomic E-state index is 13.2. The summed E-state index contributed by atoms with van der Waals surface area (Å²) in [6.45, 7) is 10.4. The van der Waals surface area contributed by atoms with E-state index in [0.29, 0.717) is 24.8 Å². The summed E-state index contributed by atoms with van der Waals surface area (Å²) in [5.41, 5.74) is 2.96. The summed E-state index contributed by atoms with van der Waals surface area (Å²) < 4.78 is 12.0. The lowest BCUT2D eigenvalue weighted by molar-refractivity contribution is -0.142. The Labute approximate surface area is 199 Å². The van der Waals surface area contributed by atoms with Gasteiger partial charge in [-0.3, -0.25) is 9.59 Å². The molecule has 0 unspecified atom stereocenters. The van der Waals surface area contributed by atoms with Crippen LogP contribution in [0, 0.1) is 19.8 Å². The van der Waals surface area contributed by atoms with Crippen LogP contribution in [0.4, 0.5) is 0 Å². The summed E-state index contributed by atoms with van der Waals surface area (Å²) in [5.74, 6) is 1.24. The maximum absolute atomic E-state index is 13.2. The first-order chi connectivity index (χ1) is 15.1. The molecule has 0 bridgehead atoms. The molecule has 0 fully saturated rings. The SMILES string of the molecule is COc1ccc(CN(C(=O)COc2cc(C)c(Br)c(C)c2)[C@H](C)C(=O)NCC(C)C)cc1. The monoisotopic (exact) mass is 504 g/mol. The molecule has 2 rings (SSSR count). The fourth-order valence-electron chi connectivity index (χ4n) is 3.18. The van der Waals surface area contributed by atoms with Gasteiger partial charge in [-0.15, -0.1) is 0 Å². The number of nitrogens with zero attached hydrogens (tertiary/aromatic N) is 1. The summed E-state index contributed by atoms with van der Waals surface area (Å²) in [7, 11) is 1.61. The number of carbonyl (C=O) groups is 2. The van der Waals surface area contributed by atoms with E-state index in [-0.39, 0.29) is 18.4 Å². The first-order valence-corrected chi connectivity index (χ1v) is 11.5. The van der Waals surface area contributed by atoms with Crippen LogP contribution >= 0.6 is 15.9 Å². The predicted octanol–water partition coefficient (Wildman–Crippen LogP) is 4.64. The van der Waals surface area contributed by atoms with E-state index in [1.165, 1.54) is 0 Å². The molecule has 0 saturated heterocycles. The molecular formula is C25H33BrN2O4. The van der Waals surface area contributed by atoms with Gasteiger partial charge in [-0.25, -0.2) is 0 Å². The van der Waals surface area contributed by atoms with Gasteiger partial charge in [0.25, 0.3) is 5.91 Å². The molecule has 2 aromatic rings. The van der Waals surface area contributed by atoms with E-state index < -0.39 is 6.04 Å². The van der Waals surface area contributed by atoms with Crippen molar-refractivity contribution in [2.24, 2.45) is 5.92 Å². The number of carbonyl (C=O) groups excluding carboxylic acids is 2. The standard InChI is InChI=1S/C25H33BrN2O4/c1-16(2)13-27-25(30)19(5)28(14-20-7-9-21(31-6)10-8-20)23(29)15-32-22-11-17(3)24(26)18(4)12-22/h7-12,16,19H,13-15H2,1-6H3,(H,27,30)/t19-/m1/s1. The molecule has 2 aromatic carbocycles. The van der Waals surface area contributed by atoms with Crippen molar-refractivity contribution in [2.45, 2.75) is 47.2 Å². The number of nitrogens with one attached hydrogen (secondary N) is 1. The van der Waals surface area contributed by atoms with Crippen LogP contribution in [0.25, 0.3) is 0 Å². The lowest BCUT2D eigenvalue weighted by Gasteiger charge is -2.29. The zero-order chi connectivity index (χ0) is 23.8. The molecule has 174 valence electrons. The second kappa shape index (κ2) is 11.9. The molecule has 7 heteroatoms. The highest BCUT2D eigenvalue weighted by molar-refractivity contribution is 9.10. The largest absolute Gasteiger partial charge is 0.497 e. The predicted molar refractivity (Wildman–Crippen MR) is 130 cm³/mol. The van der Waals surface area contributed by atoms with Crippen molar-refractivity contribution >= 4 is 27.7 Å². The molecule has 0 spiro atoms. The first kappa shape index (κ1) is 25.7. The zero-order valence-corrected chi connectivity index (χ0v) is 21.3. The highest BCUT2D eigenvalue weighted by atomic mass is 79.9. The van der Waals surface area contributed by atoms with Crippen molar-refractivity contribution < 1.29 is 19.1 Å². The van der Waals surface area contributed by atoms with E-state index in [1.807, 2.05) is 64.1 Å². The van der Waals surface area contributed by atoms with E-state index in [4.69, 9.17) is 9.47 Å². The number of halogens is 1. The molecule has 0 aliphatic rings. The number of amides is 2. The van der Waals surface area contributed by atoms with Crippen molar-refractivity contribution in [3.8, 4) is 11.5 Å². The van der Waals surface area contributed by atoms with Gasteiger partial charge in [0.1, 0.15) is 17.5 Å². The van der Waals surface area contributed by atoms with Crippen LogP contribution in [-0.4, -0.2) is 43.0 Å². The van der Waals surface area contributed by atoms with Gasteiger partial charge in [0.2, 0.25) is 5.91 Å². The van der Waals surface area contributed by atoms with Gasteiger partial charge in [0.15, 0.2) is 6.61 Å². The summed E-state index contributed by atoms with van der Waals surface area (Å²) in [4.78, 5) is 27.4. The number of rotatable bonds is 10. The molecule has 6 nitrogen and oxygen atoms in total. The van der Waals surface area contributed by atoms with Crippen LogP contribution in [-0.2, 0) is 16.1 Å². The maximum Gasteiger partial charge on any atom is 0.261 e. The molecule has 32 heavy (non-hydrogen) atoms. The van der Waals surface area contributed by atoms with Crippen molar-refractivity contribution in [3.63, 3.8) is 0 Å². The molecule has 0 heterocycles. The Morgan fingerprint density at radius 3 is 2.16 bits per heavy atom. The highest BCUT2D eigenvalue weighted by Gasteiger charge is 2.26. The fourth-order valence-corrected chi connectivity index (χ4v) is 3.41. The minimum Gasteiger partial charge on any atom is -0.497 e. The van der Waals surface area contributed by atoms with Gasteiger partial charge >= 0.3 is 0 Å². The third-order valence-electron chi connectivity index (χ3n) is 5.14. The Hall–Kier alpha value is -2.54. The molecule has 0 aromatic heterocycles. The van der Waals surface area contributed by atoms with Crippen LogP contribution in [0.5, 0.6) is 11.5 Å². The number of ether oxygens (including phenoxy) is 2. The lowest BCUT2D eigenvalue weighted by Crippen LogP contribution is -2.49. The smallest absolute Gasteiger partial charge is 0.261 e. The number of methoxy groups -OCH3 is 1. The average Bonchev–Trinajstić information content (AvgIpc) is 2.77. The number of hydrogen-bond acceptors (Lipinski definition) is 4. The quantitative estimate of drug-likeness (QED) is 0.511. The number of aryl methyl sites for hydroxylation is 2. The van der Waals surface area contributed by atoms with Gasteiger partial charge in [0.05, 0.1) is 7.11 Å². The summed E-state index contributed by atoms with van der Waals surface area (Å²) >= 11 is 3.54. The first-order valence-electron chi connectivity index (χ1n) is 10.7. The van der Waals surface area contributed by atoms with Gasteiger partial charge in [0, 0.05) is 17.6 Å². The topological polar surface area (TPSA) is 67.9 Å². The lowest BCUT2D eigenvalue weighted by atomic mass is 10.1. The summed E-state index contributed by atoms with van der Waals surface area (Å²) in [5, 5.41) is 2.92. The van der Waals surface area contributed by atoms with Gasteiger partial charge < -0.3 is 19.7 Å².